The van der Waals surface area contributed by atoms with Crippen LogP contribution in [0.4, 0.5) is 0 Å². The lowest BCUT2D eigenvalue weighted by Gasteiger charge is -2.08. The monoisotopic (exact) mass is 247 g/mol. The largest absolute Gasteiger partial charge is 0.496 e. The molecule has 2 rings (SSSR count). The molecule has 3 nitrogen and oxygen atoms in total. The van der Waals surface area contributed by atoms with Crippen LogP contribution in [0.25, 0.3) is 11.1 Å². The van der Waals surface area contributed by atoms with Gasteiger partial charge in [0.15, 0.2) is 6.29 Å². The number of aldehydes is 1. The van der Waals surface area contributed by atoms with E-state index in [9.17, 15) is 4.79 Å². The lowest BCUT2D eigenvalue weighted by atomic mass is 10.1. The Morgan fingerprint density at radius 2 is 2.12 bits per heavy atom. The molecule has 2 aromatic rings. The van der Waals surface area contributed by atoms with Gasteiger partial charge in [-0.25, -0.2) is 4.98 Å². The minimum absolute atomic E-state index is 0.207. The summed E-state index contributed by atoms with van der Waals surface area (Å²) >= 11 is 5.78. The minimum atomic E-state index is 0.207. The molecule has 17 heavy (non-hydrogen) atoms. The van der Waals surface area contributed by atoms with E-state index >= 15 is 0 Å². The molecule has 0 amide bonds. The lowest BCUT2D eigenvalue weighted by Crippen LogP contribution is -1.91. The third kappa shape index (κ3) is 2.29. The summed E-state index contributed by atoms with van der Waals surface area (Å²) in [5.74, 6) is 0.730. The van der Waals surface area contributed by atoms with Gasteiger partial charge in [0, 0.05) is 17.3 Å². The molecule has 1 aromatic carbocycles. The van der Waals surface area contributed by atoms with E-state index in [1.807, 2.05) is 24.3 Å². The number of aromatic nitrogens is 1. The topological polar surface area (TPSA) is 39.2 Å². The molecule has 0 aliphatic heterocycles. The zero-order valence-electron chi connectivity index (χ0n) is 9.18. The number of ether oxygens (including phenoxy) is 1. The quantitative estimate of drug-likeness (QED) is 0.618. The number of carbonyl (C=O) groups is 1. The summed E-state index contributed by atoms with van der Waals surface area (Å²) in [6.45, 7) is 0. The maximum atomic E-state index is 10.8. The number of benzene rings is 1. The van der Waals surface area contributed by atoms with Crippen molar-refractivity contribution >= 4 is 17.9 Å². The van der Waals surface area contributed by atoms with Gasteiger partial charge in [0.05, 0.1) is 12.7 Å². The highest BCUT2D eigenvalue weighted by atomic mass is 35.5. The first-order chi connectivity index (χ1) is 8.26. The predicted molar refractivity (Wildman–Crippen MR) is 66.6 cm³/mol. The van der Waals surface area contributed by atoms with Crippen LogP contribution in [0.15, 0.2) is 36.5 Å². The SMILES string of the molecule is COc1ccccc1-c1cnc(Cl)c(C=O)c1. The third-order valence-electron chi connectivity index (χ3n) is 2.41. The summed E-state index contributed by atoms with van der Waals surface area (Å²) in [5, 5.41) is 0.207. The number of methoxy groups -OCH3 is 1. The molecule has 0 saturated heterocycles. The molecule has 0 aliphatic carbocycles. The second-order valence-electron chi connectivity index (χ2n) is 3.42. The number of halogens is 1. The van der Waals surface area contributed by atoms with Crippen LogP contribution >= 0.6 is 11.6 Å². The first kappa shape index (κ1) is 11.6. The van der Waals surface area contributed by atoms with Gasteiger partial charge in [0.1, 0.15) is 10.9 Å². The molecule has 0 spiro atoms. The van der Waals surface area contributed by atoms with Crippen LogP contribution < -0.4 is 4.74 Å². The van der Waals surface area contributed by atoms with Gasteiger partial charge in [-0.2, -0.15) is 0 Å². The van der Waals surface area contributed by atoms with E-state index in [2.05, 4.69) is 4.98 Å². The van der Waals surface area contributed by atoms with Crippen LogP contribution in [0.2, 0.25) is 5.15 Å². The average Bonchev–Trinajstić information content (AvgIpc) is 2.39. The first-order valence-corrected chi connectivity index (χ1v) is 5.38. The first-order valence-electron chi connectivity index (χ1n) is 5.00. The number of nitrogens with zero attached hydrogens (tertiary/aromatic N) is 1. The second kappa shape index (κ2) is 4.97. The van der Waals surface area contributed by atoms with Crippen LogP contribution in [0.5, 0.6) is 5.75 Å². The van der Waals surface area contributed by atoms with Crippen molar-refractivity contribution in [3.63, 3.8) is 0 Å². The van der Waals surface area contributed by atoms with Crippen LogP contribution in [-0.4, -0.2) is 18.4 Å². The van der Waals surface area contributed by atoms with Gasteiger partial charge in [-0.15, -0.1) is 0 Å². The van der Waals surface area contributed by atoms with Gasteiger partial charge in [-0.3, -0.25) is 4.79 Å². The Morgan fingerprint density at radius 1 is 1.35 bits per heavy atom. The molecule has 0 radical (unpaired) electrons. The molecular formula is C13H10ClNO2. The van der Waals surface area contributed by atoms with Crippen molar-refractivity contribution in [2.24, 2.45) is 0 Å². The summed E-state index contributed by atoms with van der Waals surface area (Å²) in [6, 6.07) is 9.22. The van der Waals surface area contributed by atoms with Crippen LogP contribution in [0.3, 0.4) is 0 Å². The van der Waals surface area contributed by atoms with E-state index in [0.29, 0.717) is 11.8 Å². The van der Waals surface area contributed by atoms with Crippen molar-refractivity contribution in [1.29, 1.82) is 0 Å². The smallest absolute Gasteiger partial charge is 0.153 e. The van der Waals surface area contributed by atoms with Gasteiger partial charge < -0.3 is 4.74 Å². The fraction of sp³-hybridized carbons (Fsp3) is 0.0769. The number of hydrogen-bond donors (Lipinski definition) is 0. The Labute approximate surface area is 104 Å². The number of carbonyl (C=O) groups excluding carboxylic acids is 1. The summed E-state index contributed by atoms with van der Waals surface area (Å²) < 4.78 is 5.25. The summed E-state index contributed by atoms with van der Waals surface area (Å²) in [4.78, 5) is 14.8. The lowest BCUT2D eigenvalue weighted by molar-refractivity contribution is 0.112. The standard InChI is InChI=1S/C13H10ClNO2/c1-17-12-5-3-2-4-11(12)9-6-10(8-16)13(14)15-7-9/h2-8H,1H3. The van der Waals surface area contributed by atoms with Crippen LogP contribution in [0.1, 0.15) is 10.4 Å². The molecule has 0 bridgehead atoms. The molecule has 4 heteroatoms. The van der Waals surface area contributed by atoms with Crippen molar-refractivity contribution in [1.82, 2.24) is 4.98 Å². The highest BCUT2D eigenvalue weighted by Crippen LogP contribution is 2.30. The molecular weight excluding hydrogens is 238 g/mol. The molecule has 1 aromatic heterocycles. The zero-order valence-corrected chi connectivity index (χ0v) is 9.94. The maximum Gasteiger partial charge on any atom is 0.153 e. The van der Waals surface area contributed by atoms with Crippen LogP contribution in [0, 0.1) is 0 Å². The molecule has 0 fully saturated rings. The Kier molecular flexibility index (Phi) is 3.40. The normalized spacial score (nSPS) is 10.0. The van der Waals surface area contributed by atoms with Gasteiger partial charge in [0.2, 0.25) is 0 Å². The van der Waals surface area contributed by atoms with Crippen molar-refractivity contribution in [2.45, 2.75) is 0 Å². The Hall–Kier alpha value is -1.87. The van der Waals surface area contributed by atoms with Crippen molar-refractivity contribution in [3.05, 3.63) is 47.2 Å². The van der Waals surface area contributed by atoms with E-state index in [4.69, 9.17) is 16.3 Å². The highest BCUT2D eigenvalue weighted by Gasteiger charge is 2.08. The van der Waals surface area contributed by atoms with Gasteiger partial charge in [-0.1, -0.05) is 29.8 Å². The van der Waals surface area contributed by atoms with Gasteiger partial charge in [0.25, 0.3) is 0 Å². The molecule has 0 N–H and O–H groups in total. The van der Waals surface area contributed by atoms with Crippen molar-refractivity contribution in [3.8, 4) is 16.9 Å². The summed E-state index contributed by atoms with van der Waals surface area (Å²) in [6.07, 6.45) is 2.31. The fourth-order valence-corrected chi connectivity index (χ4v) is 1.73. The maximum absolute atomic E-state index is 10.8. The number of pyridine rings is 1. The fourth-order valence-electron chi connectivity index (χ4n) is 1.58. The molecule has 1 heterocycles. The number of para-hydroxylation sites is 1. The summed E-state index contributed by atoms with van der Waals surface area (Å²) in [5.41, 5.74) is 2.05. The van der Waals surface area contributed by atoms with E-state index < -0.39 is 0 Å². The predicted octanol–water partition coefficient (Wildman–Crippen LogP) is 3.22. The molecule has 0 aliphatic rings. The Bertz CT molecular complexity index is 555. The van der Waals surface area contributed by atoms with E-state index in [1.54, 1.807) is 19.4 Å². The molecule has 0 atom stereocenters. The Morgan fingerprint density at radius 3 is 2.82 bits per heavy atom. The number of rotatable bonds is 3. The van der Waals surface area contributed by atoms with E-state index in [0.717, 1.165) is 16.9 Å². The second-order valence-corrected chi connectivity index (χ2v) is 3.78. The van der Waals surface area contributed by atoms with Crippen molar-refractivity contribution in [2.75, 3.05) is 7.11 Å². The van der Waals surface area contributed by atoms with E-state index in [-0.39, 0.29) is 5.15 Å². The molecule has 0 saturated carbocycles. The van der Waals surface area contributed by atoms with Crippen molar-refractivity contribution < 1.29 is 9.53 Å². The zero-order chi connectivity index (χ0) is 12.3. The van der Waals surface area contributed by atoms with Gasteiger partial charge >= 0.3 is 0 Å². The van der Waals surface area contributed by atoms with Crippen LogP contribution in [-0.2, 0) is 0 Å². The van der Waals surface area contributed by atoms with Gasteiger partial charge in [-0.05, 0) is 12.1 Å². The van der Waals surface area contributed by atoms with E-state index in [1.165, 1.54) is 0 Å². The third-order valence-corrected chi connectivity index (χ3v) is 2.73. The Balaban J connectivity index is 2.56. The summed E-state index contributed by atoms with van der Waals surface area (Å²) in [7, 11) is 1.60. The minimum Gasteiger partial charge on any atom is -0.496 e. The highest BCUT2D eigenvalue weighted by molar-refractivity contribution is 6.31. The number of hydrogen-bond acceptors (Lipinski definition) is 3. The average molecular weight is 248 g/mol. The molecule has 86 valence electrons. The molecule has 0 unspecified atom stereocenters.